The van der Waals surface area contributed by atoms with E-state index in [-0.39, 0.29) is 16.9 Å². The molecule has 0 saturated carbocycles. The smallest absolute Gasteiger partial charge is 0.339 e. The van der Waals surface area contributed by atoms with E-state index in [0.29, 0.717) is 39.6 Å². The van der Waals surface area contributed by atoms with E-state index in [1.165, 1.54) is 17.0 Å². The maximum absolute atomic E-state index is 13.7. The molecule has 0 spiro atoms. The van der Waals surface area contributed by atoms with Crippen LogP contribution in [0.25, 0.3) is 28.1 Å². The zero-order chi connectivity index (χ0) is 30.3. The number of fused-ring (bicyclic) bond motifs is 1. The van der Waals surface area contributed by atoms with Crippen molar-refractivity contribution in [1.82, 2.24) is 34.3 Å². The summed E-state index contributed by atoms with van der Waals surface area (Å²) < 4.78 is 44.3. The largest absolute Gasteiger partial charge is 0.416 e. The van der Waals surface area contributed by atoms with Crippen molar-refractivity contribution in [1.29, 1.82) is 0 Å². The molecule has 43 heavy (non-hydrogen) atoms. The van der Waals surface area contributed by atoms with Gasteiger partial charge in [-0.05, 0) is 61.9 Å². The third-order valence-electron chi connectivity index (χ3n) is 6.78. The fraction of sp³-hybridized carbons (Fsp3) is 0.133. The maximum atomic E-state index is 13.7. The molecule has 1 amide bonds. The Morgan fingerprint density at radius 3 is 2.56 bits per heavy atom. The number of anilines is 3. The van der Waals surface area contributed by atoms with Crippen molar-refractivity contribution in [2.75, 3.05) is 10.6 Å². The molecular weight excluding hydrogens is 559 g/mol. The number of pyridine rings is 1. The Labute approximate surface area is 243 Å². The van der Waals surface area contributed by atoms with Crippen LogP contribution in [0.2, 0.25) is 0 Å². The first-order chi connectivity index (χ1) is 20.5. The first-order valence-electron chi connectivity index (χ1n) is 13.1. The van der Waals surface area contributed by atoms with E-state index in [2.05, 4.69) is 30.7 Å². The highest BCUT2D eigenvalue weighted by molar-refractivity contribution is 6.05. The number of benzene rings is 2. The molecule has 10 nitrogen and oxygen atoms in total. The van der Waals surface area contributed by atoms with Crippen LogP contribution in [-0.2, 0) is 13.2 Å². The van der Waals surface area contributed by atoms with Gasteiger partial charge in [-0.1, -0.05) is 6.07 Å². The first kappa shape index (κ1) is 27.6. The van der Waals surface area contributed by atoms with Gasteiger partial charge in [-0.3, -0.25) is 14.5 Å². The summed E-state index contributed by atoms with van der Waals surface area (Å²) in [6, 6.07) is 12.0. The number of rotatable bonds is 6. The minimum Gasteiger partial charge on any atom is -0.339 e. The number of carbonyl (C=O) groups excluding carboxylic acids is 1. The van der Waals surface area contributed by atoms with Crippen molar-refractivity contribution in [2.24, 2.45) is 7.05 Å². The van der Waals surface area contributed by atoms with Crippen LogP contribution in [0.1, 0.15) is 27.2 Å². The third kappa shape index (κ3) is 5.64. The summed E-state index contributed by atoms with van der Waals surface area (Å²) in [5.74, 6) is 0.322. The predicted molar refractivity (Wildman–Crippen MR) is 155 cm³/mol. The fourth-order valence-electron chi connectivity index (χ4n) is 4.53. The van der Waals surface area contributed by atoms with Crippen molar-refractivity contribution >= 4 is 34.1 Å². The Hall–Kier alpha value is -5.59. The number of alkyl halides is 3. The molecule has 2 aromatic carbocycles. The van der Waals surface area contributed by atoms with Crippen LogP contribution in [0.3, 0.4) is 0 Å². The van der Waals surface area contributed by atoms with Gasteiger partial charge >= 0.3 is 6.18 Å². The van der Waals surface area contributed by atoms with Crippen molar-refractivity contribution in [2.45, 2.75) is 20.0 Å². The molecule has 6 aromatic rings. The Bertz CT molecular complexity index is 1980. The lowest BCUT2D eigenvalue weighted by molar-refractivity contribution is -0.137. The van der Waals surface area contributed by atoms with Crippen molar-refractivity contribution in [3.63, 3.8) is 0 Å². The molecule has 0 atom stereocenters. The minimum atomic E-state index is -4.62. The molecule has 0 fully saturated rings. The molecule has 0 radical (unpaired) electrons. The molecule has 0 saturated heterocycles. The molecule has 6 rings (SSSR count). The number of carbonyl (C=O) groups is 1. The van der Waals surface area contributed by atoms with E-state index in [1.807, 2.05) is 13.0 Å². The van der Waals surface area contributed by atoms with Crippen LogP contribution in [-0.4, -0.2) is 40.2 Å². The Kier molecular flexibility index (Phi) is 6.84. The average Bonchev–Trinajstić information content (AvgIpc) is 3.59. The molecule has 0 aliphatic heterocycles. The summed E-state index contributed by atoms with van der Waals surface area (Å²) in [6.45, 7) is 3.59. The number of halogens is 3. The second-order valence-corrected chi connectivity index (χ2v) is 9.94. The standard InChI is InChI=1S/C30H24F3N9O/c1-17-6-7-19(29(43)37-22-10-21(30(31,32)33)11-23(12-22)42-15-18(2)35-16-42)9-25(17)38-27-24-14-36-41(3)28(24)40-26(39-27)20-5-4-8-34-13-20/h4-16H,1-3H3,(H,37,43)(H,38,39,40). The lowest BCUT2D eigenvalue weighted by atomic mass is 10.1. The average molecular weight is 584 g/mol. The summed E-state index contributed by atoms with van der Waals surface area (Å²) in [7, 11) is 1.77. The number of amides is 1. The van der Waals surface area contributed by atoms with Crippen molar-refractivity contribution in [3.05, 3.63) is 102 Å². The number of imidazole rings is 1. The maximum Gasteiger partial charge on any atom is 0.416 e. The van der Waals surface area contributed by atoms with Crippen molar-refractivity contribution < 1.29 is 18.0 Å². The molecule has 4 aromatic heterocycles. The topological polar surface area (TPSA) is 115 Å². The zero-order valence-corrected chi connectivity index (χ0v) is 23.2. The van der Waals surface area contributed by atoms with Gasteiger partial charge < -0.3 is 15.2 Å². The number of aromatic nitrogens is 7. The van der Waals surface area contributed by atoms with Gasteiger partial charge in [0.05, 0.1) is 29.2 Å². The van der Waals surface area contributed by atoms with Crippen LogP contribution < -0.4 is 10.6 Å². The molecule has 0 aliphatic rings. The van der Waals surface area contributed by atoms with Gasteiger partial charge in [0.1, 0.15) is 5.82 Å². The van der Waals surface area contributed by atoms with Gasteiger partial charge in [0.25, 0.3) is 5.91 Å². The highest BCUT2D eigenvalue weighted by atomic mass is 19.4. The molecular formula is C30H24F3N9O. The number of hydrogen-bond acceptors (Lipinski definition) is 7. The molecule has 13 heteroatoms. The number of nitrogens with zero attached hydrogens (tertiary/aromatic N) is 7. The lowest BCUT2D eigenvalue weighted by Crippen LogP contribution is -2.14. The lowest BCUT2D eigenvalue weighted by Gasteiger charge is -2.15. The quantitative estimate of drug-likeness (QED) is 0.238. The monoisotopic (exact) mass is 583 g/mol. The Balaban J connectivity index is 1.33. The van der Waals surface area contributed by atoms with Gasteiger partial charge in [-0.15, -0.1) is 0 Å². The summed E-state index contributed by atoms with van der Waals surface area (Å²) >= 11 is 0. The van der Waals surface area contributed by atoms with E-state index < -0.39 is 17.6 Å². The summed E-state index contributed by atoms with van der Waals surface area (Å²) in [5, 5.41) is 10.9. The third-order valence-corrected chi connectivity index (χ3v) is 6.78. The van der Waals surface area contributed by atoms with Gasteiger partial charge in [0, 0.05) is 53.8 Å². The normalized spacial score (nSPS) is 11.6. The van der Waals surface area contributed by atoms with Crippen LogP contribution in [0.4, 0.5) is 30.4 Å². The molecule has 0 aliphatic carbocycles. The van der Waals surface area contributed by atoms with Gasteiger partial charge in [-0.25, -0.2) is 15.0 Å². The van der Waals surface area contributed by atoms with Crippen molar-refractivity contribution in [3.8, 4) is 17.1 Å². The fourth-order valence-corrected chi connectivity index (χ4v) is 4.53. The van der Waals surface area contributed by atoms with Crippen LogP contribution in [0, 0.1) is 13.8 Å². The first-order valence-corrected chi connectivity index (χ1v) is 13.1. The molecule has 0 unspecified atom stereocenters. The second kappa shape index (κ2) is 10.7. The highest BCUT2D eigenvalue weighted by Gasteiger charge is 2.31. The Morgan fingerprint density at radius 2 is 1.84 bits per heavy atom. The van der Waals surface area contributed by atoms with E-state index in [0.717, 1.165) is 17.7 Å². The summed E-state index contributed by atoms with van der Waals surface area (Å²) in [6.07, 6.45) is 3.36. The van der Waals surface area contributed by atoms with Crippen LogP contribution >= 0.6 is 0 Å². The van der Waals surface area contributed by atoms with E-state index >= 15 is 0 Å². The second-order valence-electron chi connectivity index (χ2n) is 9.94. The highest BCUT2D eigenvalue weighted by Crippen LogP contribution is 2.34. The van der Waals surface area contributed by atoms with E-state index in [9.17, 15) is 18.0 Å². The molecule has 2 N–H and O–H groups in total. The number of hydrogen-bond donors (Lipinski definition) is 2. The minimum absolute atomic E-state index is 0.00903. The predicted octanol–water partition coefficient (Wildman–Crippen LogP) is 6.24. The van der Waals surface area contributed by atoms with Gasteiger partial charge in [-0.2, -0.15) is 18.3 Å². The molecule has 4 heterocycles. The van der Waals surface area contributed by atoms with E-state index in [4.69, 9.17) is 4.98 Å². The molecule has 216 valence electrons. The Morgan fingerprint density at radius 1 is 1.00 bits per heavy atom. The summed E-state index contributed by atoms with van der Waals surface area (Å²) in [5.41, 5.74) is 2.87. The van der Waals surface area contributed by atoms with Gasteiger partial charge in [0.15, 0.2) is 11.5 Å². The zero-order valence-electron chi connectivity index (χ0n) is 23.2. The SMILES string of the molecule is Cc1cn(-c2cc(NC(=O)c3ccc(C)c(Nc4nc(-c5cccnc5)nc5c4cnn5C)c3)cc(C(F)(F)F)c2)cn1. The van der Waals surface area contributed by atoms with Gasteiger partial charge in [0.2, 0.25) is 0 Å². The summed E-state index contributed by atoms with van der Waals surface area (Å²) in [4.78, 5) is 30.9. The van der Waals surface area contributed by atoms with E-state index in [1.54, 1.807) is 67.7 Å². The number of aryl methyl sites for hydroxylation is 3. The molecule has 0 bridgehead atoms. The van der Waals surface area contributed by atoms with Crippen LogP contribution in [0.5, 0.6) is 0 Å². The van der Waals surface area contributed by atoms with Crippen LogP contribution in [0.15, 0.2) is 79.6 Å². The number of nitrogens with one attached hydrogen (secondary N) is 2.